The van der Waals surface area contributed by atoms with Crippen molar-refractivity contribution in [1.29, 1.82) is 0 Å². The maximum atomic E-state index is 12.6. The number of sulfonamides is 1. The van der Waals surface area contributed by atoms with Gasteiger partial charge in [0.15, 0.2) is 0 Å². The molecule has 5 nitrogen and oxygen atoms in total. The topological polar surface area (TPSA) is 66.5 Å². The maximum absolute atomic E-state index is 12.6. The van der Waals surface area contributed by atoms with Gasteiger partial charge < -0.3 is 5.32 Å². The van der Waals surface area contributed by atoms with Crippen molar-refractivity contribution in [3.63, 3.8) is 0 Å². The highest BCUT2D eigenvalue weighted by Crippen LogP contribution is 2.20. The van der Waals surface area contributed by atoms with Gasteiger partial charge in [0, 0.05) is 25.2 Å². The van der Waals surface area contributed by atoms with Gasteiger partial charge in [-0.25, -0.2) is 8.42 Å². The van der Waals surface area contributed by atoms with Crippen molar-refractivity contribution in [3.05, 3.63) is 65.7 Å². The van der Waals surface area contributed by atoms with Gasteiger partial charge in [-0.15, -0.1) is 0 Å². The van der Waals surface area contributed by atoms with E-state index in [1.165, 1.54) is 16.4 Å². The Hall–Kier alpha value is -2.18. The van der Waals surface area contributed by atoms with Crippen LogP contribution in [0, 0.1) is 0 Å². The van der Waals surface area contributed by atoms with Gasteiger partial charge in [0.1, 0.15) is 0 Å². The van der Waals surface area contributed by atoms with Crippen LogP contribution in [-0.2, 0) is 16.6 Å². The largest absolute Gasteiger partial charge is 0.348 e. The smallest absolute Gasteiger partial charge is 0.251 e. The molecule has 0 unspecified atom stereocenters. The zero-order valence-corrected chi connectivity index (χ0v) is 14.8. The monoisotopic (exact) mass is 358 g/mol. The molecule has 0 saturated carbocycles. The van der Waals surface area contributed by atoms with E-state index in [4.69, 9.17) is 0 Å². The Morgan fingerprint density at radius 1 is 0.920 bits per heavy atom. The fourth-order valence-corrected chi connectivity index (χ4v) is 4.43. The summed E-state index contributed by atoms with van der Waals surface area (Å²) in [5.41, 5.74) is 1.47. The van der Waals surface area contributed by atoms with Crippen LogP contribution in [0.2, 0.25) is 0 Å². The fourth-order valence-electron chi connectivity index (χ4n) is 2.91. The van der Waals surface area contributed by atoms with E-state index in [1.807, 2.05) is 30.3 Å². The summed E-state index contributed by atoms with van der Waals surface area (Å²) >= 11 is 0. The predicted molar refractivity (Wildman–Crippen MR) is 96.7 cm³/mol. The molecule has 0 aromatic heterocycles. The molecule has 1 fully saturated rings. The molecular formula is C19H22N2O3S. The van der Waals surface area contributed by atoms with Gasteiger partial charge in [-0.2, -0.15) is 4.31 Å². The molecule has 1 aliphatic rings. The molecule has 1 saturated heterocycles. The number of carbonyl (C=O) groups is 1. The van der Waals surface area contributed by atoms with Gasteiger partial charge >= 0.3 is 0 Å². The Labute approximate surface area is 148 Å². The number of amides is 1. The summed E-state index contributed by atoms with van der Waals surface area (Å²) in [7, 11) is -3.46. The van der Waals surface area contributed by atoms with Gasteiger partial charge in [0.25, 0.3) is 5.91 Å². The van der Waals surface area contributed by atoms with Crippen LogP contribution in [0.3, 0.4) is 0 Å². The molecule has 0 spiro atoms. The molecule has 2 aromatic rings. The van der Waals surface area contributed by atoms with E-state index in [-0.39, 0.29) is 10.8 Å². The third-order valence-corrected chi connectivity index (χ3v) is 6.28. The third kappa shape index (κ3) is 4.27. The molecule has 25 heavy (non-hydrogen) atoms. The Bertz CT molecular complexity index is 812. The van der Waals surface area contributed by atoms with E-state index in [0.717, 1.165) is 24.8 Å². The highest BCUT2D eigenvalue weighted by molar-refractivity contribution is 7.89. The van der Waals surface area contributed by atoms with Gasteiger partial charge in [-0.1, -0.05) is 36.8 Å². The summed E-state index contributed by atoms with van der Waals surface area (Å²) in [5, 5.41) is 2.84. The Morgan fingerprint density at radius 3 is 2.20 bits per heavy atom. The lowest BCUT2D eigenvalue weighted by molar-refractivity contribution is 0.0951. The average molecular weight is 358 g/mol. The van der Waals surface area contributed by atoms with Crippen molar-refractivity contribution in [1.82, 2.24) is 9.62 Å². The number of carbonyl (C=O) groups excluding carboxylic acids is 1. The minimum Gasteiger partial charge on any atom is -0.348 e. The van der Waals surface area contributed by atoms with E-state index in [1.54, 1.807) is 12.1 Å². The summed E-state index contributed by atoms with van der Waals surface area (Å²) in [5.74, 6) is -0.217. The first-order valence-electron chi connectivity index (χ1n) is 8.50. The minimum absolute atomic E-state index is 0.217. The molecular weight excluding hydrogens is 336 g/mol. The van der Waals surface area contributed by atoms with E-state index >= 15 is 0 Å². The lowest BCUT2D eigenvalue weighted by atomic mass is 10.2. The van der Waals surface area contributed by atoms with Crippen molar-refractivity contribution in [3.8, 4) is 0 Å². The number of nitrogens with one attached hydrogen (secondary N) is 1. The maximum Gasteiger partial charge on any atom is 0.251 e. The van der Waals surface area contributed by atoms with E-state index < -0.39 is 10.0 Å². The minimum atomic E-state index is -3.46. The van der Waals surface area contributed by atoms with Crippen molar-refractivity contribution in [2.24, 2.45) is 0 Å². The lowest BCUT2D eigenvalue weighted by Crippen LogP contribution is -2.35. The van der Waals surface area contributed by atoms with Crippen molar-refractivity contribution >= 4 is 15.9 Å². The zero-order valence-electron chi connectivity index (χ0n) is 14.0. The second kappa shape index (κ2) is 7.80. The number of benzene rings is 2. The van der Waals surface area contributed by atoms with Crippen LogP contribution in [0.4, 0.5) is 0 Å². The molecule has 0 bridgehead atoms. The van der Waals surface area contributed by atoms with Gasteiger partial charge in [0.05, 0.1) is 4.90 Å². The third-order valence-electron chi connectivity index (χ3n) is 4.37. The van der Waals surface area contributed by atoms with E-state index in [2.05, 4.69) is 5.32 Å². The molecule has 132 valence electrons. The first-order chi connectivity index (χ1) is 12.1. The number of piperidine rings is 1. The summed E-state index contributed by atoms with van der Waals surface area (Å²) in [6.07, 6.45) is 2.88. The molecule has 6 heteroatoms. The molecule has 1 heterocycles. The number of hydrogen-bond acceptors (Lipinski definition) is 3. The molecule has 3 rings (SSSR count). The number of hydrogen-bond donors (Lipinski definition) is 1. The lowest BCUT2D eigenvalue weighted by Gasteiger charge is -2.25. The second-order valence-corrected chi connectivity index (χ2v) is 8.10. The SMILES string of the molecule is O=C(NCc1ccccc1)c1ccc(S(=O)(=O)N2CCCCC2)cc1. The van der Waals surface area contributed by atoms with Crippen LogP contribution < -0.4 is 5.32 Å². The van der Waals surface area contributed by atoms with Crippen molar-refractivity contribution < 1.29 is 13.2 Å². The Balaban J connectivity index is 1.66. The summed E-state index contributed by atoms with van der Waals surface area (Å²) in [6, 6.07) is 15.8. The number of rotatable bonds is 5. The summed E-state index contributed by atoms with van der Waals surface area (Å²) in [6.45, 7) is 1.58. The second-order valence-electron chi connectivity index (χ2n) is 6.16. The standard InChI is InChI=1S/C19H22N2O3S/c22-19(20-15-16-7-3-1-4-8-16)17-9-11-18(12-10-17)25(23,24)21-13-5-2-6-14-21/h1,3-4,7-12H,2,5-6,13-15H2,(H,20,22). The average Bonchev–Trinajstić information content (AvgIpc) is 2.68. The normalized spacial score (nSPS) is 15.7. The Kier molecular flexibility index (Phi) is 5.50. The van der Waals surface area contributed by atoms with Crippen LogP contribution in [0.15, 0.2) is 59.5 Å². The van der Waals surface area contributed by atoms with Gasteiger partial charge in [-0.3, -0.25) is 4.79 Å². The molecule has 1 amide bonds. The van der Waals surface area contributed by atoms with Crippen LogP contribution >= 0.6 is 0 Å². The summed E-state index contributed by atoms with van der Waals surface area (Å²) in [4.78, 5) is 12.5. The Morgan fingerprint density at radius 2 is 1.56 bits per heavy atom. The first kappa shape index (κ1) is 17.6. The van der Waals surface area contributed by atoms with Crippen molar-refractivity contribution in [2.75, 3.05) is 13.1 Å². The molecule has 0 atom stereocenters. The van der Waals surface area contributed by atoms with Gasteiger partial charge in [0.2, 0.25) is 10.0 Å². The van der Waals surface area contributed by atoms with Crippen molar-refractivity contribution in [2.45, 2.75) is 30.7 Å². The molecule has 0 aliphatic carbocycles. The summed E-state index contributed by atoms with van der Waals surface area (Å²) < 4.78 is 26.7. The van der Waals surface area contributed by atoms with Crippen LogP contribution in [0.1, 0.15) is 35.2 Å². The molecule has 2 aromatic carbocycles. The van der Waals surface area contributed by atoms with Gasteiger partial charge in [-0.05, 0) is 42.7 Å². The molecule has 1 N–H and O–H groups in total. The van der Waals surface area contributed by atoms with E-state index in [9.17, 15) is 13.2 Å². The first-order valence-corrected chi connectivity index (χ1v) is 9.94. The molecule has 0 radical (unpaired) electrons. The highest BCUT2D eigenvalue weighted by atomic mass is 32.2. The quantitative estimate of drug-likeness (QED) is 0.894. The predicted octanol–water partition coefficient (Wildman–Crippen LogP) is 2.79. The highest BCUT2D eigenvalue weighted by Gasteiger charge is 2.25. The zero-order chi connectivity index (χ0) is 17.7. The van der Waals surface area contributed by atoms with Crippen LogP contribution in [0.5, 0.6) is 0 Å². The number of nitrogens with zero attached hydrogens (tertiary/aromatic N) is 1. The molecule has 1 aliphatic heterocycles. The fraction of sp³-hybridized carbons (Fsp3) is 0.316. The van der Waals surface area contributed by atoms with Crippen LogP contribution in [0.25, 0.3) is 0 Å². The van der Waals surface area contributed by atoms with Crippen LogP contribution in [-0.4, -0.2) is 31.7 Å². The van der Waals surface area contributed by atoms with E-state index in [0.29, 0.717) is 25.2 Å².